The fraction of sp³-hybridized carbons (Fsp3) is 0.364. The molecule has 2 rings (SSSR count). The maximum absolute atomic E-state index is 12.3. The number of carbonyl (C=O) groups excluding carboxylic acids is 2. The Labute approximate surface area is 170 Å². The number of carbonyl (C=O) groups is 2. The largest absolute Gasteiger partial charge is 0.495 e. The minimum atomic E-state index is -0.634. The number of hydrogen-bond donors (Lipinski definition) is 1. The molecule has 0 unspecified atom stereocenters. The highest BCUT2D eigenvalue weighted by atomic mass is 16.5. The SMILES string of the molecule is COc1ccc(C)cc1NC(=O)COC(=O)c1ccc(OCC(C)C)c(OC)c1. The monoisotopic (exact) mass is 401 g/mol. The van der Waals surface area contributed by atoms with E-state index in [0.29, 0.717) is 35.5 Å². The molecule has 7 nitrogen and oxygen atoms in total. The molecule has 156 valence electrons. The van der Waals surface area contributed by atoms with Crippen molar-refractivity contribution in [3.8, 4) is 17.2 Å². The van der Waals surface area contributed by atoms with Gasteiger partial charge in [0.15, 0.2) is 18.1 Å². The molecule has 0 bridgehead atoms. The van der Waals surface area contributed by atoms with Gasteiger partial charge in [-0.25, -0.2) is 4.79 Å². The van der Waals surface area contributed by atoms with Gasteiger partial charge in [0.25, 0.3) is 5.91 Å². The minimum Gasteiger partial charge on any atom is -0.495 e. The van der Waals surface area contributed by atoms with E-state index in [-0.39, 0.29) is 5.56 Å². The third kappa shape index (κ3) is 6.41. The highest BCUT2D eigenvalue weighted by Crippen LogP contribution is 2.29. The quantitative estimate of drug-likeness (QED) is 0.643. The van der Waals surface area contributed by atoms with Gasteiger partial charge in [-0.1, -0.05) is 19.9 Å². The first-order chi connectivity index (χ1) is 13.8. The predicted octanol–water partition coefficient (Wildman–Crippen LogP) is 3.84. The lowest BCUT2D eigenvalue weighted by molar-refractivity contribution is -0.119. The van der Waals surface area contributed by atoms with Crippen molar-refractivity contribution >= 4 is 17.6 Å². The van der Waals surface area contributed by atoms with Crippen molar-refractivity contribution in [1.29, 1.82) is 0 Å². The van der Waals surface area contributed by atoms with E-state index in [2.05, 4.69) is 5.32 Å². The van der Waals surface area contributed by atoms with Crippen LogP contribution in [0.25, 0.3) is 0 Å². The Morgan fingerprint density at radius 3 is 2.31 bits per heavy atom. The molecular weight excluding hydrogens is 374 g/mol. The van der Waals surface area contributed by atoms with E-state index in [1.165, 1.54) is 20.3 Å². The van der Waals surface area contributed by atoms with Gasteiger partial charge in [-0.3, -0.25) is 4.79 Å². The van der Waals surface area contributed by atoms with Gasteiger partial charge in [-0.15, -0.1) is 0 Å². The van der Waals surface area contributed by atoms with Crippen LogP contribution in [0.3, 0.4) is 0 Å². The number of anilines is 1. The molecular formula is C22H27NO6. The van der Waals surface area contributed by atoms with Crippen LogP contribution in [0.1, 0.15) is 29.8 Å². The van der Waals surface area contributed by atoms with E-state index in [0.717, 1.165) is 5.56 Å². The van der Waals surface area contributed by atoms with Crippen molar-refractivity contribution in [1.82, 2.24) is 0 Å². The molecule has 2 aromatic rings. The van der Waals surface area contributed by atoms with Crippen LogP contribution < -0.4 is 19.5 Å². The fourth-order valence-corrected chi connectivity index (χ4v) is 2.49. The van der Waals surface area contributed by atoms with E-state index in [1.54, 1.807) is 24.3 Å². The van der Waals surface area contributed by atoms with Gasteiger partial charge in [0.1, 0.15) is 5.75 Å². The molecule has 0 radical (unpaired) electrons. The van der Waals surface area contributed by atoms with Gasteiger partial charge in [0.05, 0.1) is 32.1 Å². The molecule has 2 aromatic carbocycles. The maximum Gasteiger partial charge on any atom is 0.338 e. The van der Waals surface area contributed by atoms with Gasteiger partial charge in [0.2, 0.25) is 0 Å². The molecule has 0 aliphatic carbocycles. The Hall–Kier alpha value is -3.22. The Bertz CT molecular complexity index is 862. The third-order valence-corrected chi connectivity index (χ3v) is 3.93. The fourth-order valence-electron chi connectivity index (χ4n) is 2.49. The summed E-state index contributed by atoms with van der Waals surface area (Å²) in [4.78, 5) is 24.5. The van der Waals surface area contributed by atoms with E-state index >= 15 is 0 Å². The summed E-state index contributed by atoms with van der Waals surface area (Å²) in [6.07, 6.45) is 0. The van der Waals surface area contributed by atoms with Crippen molar-refractivity contribution < 1.29 is 28.5 Å². The summed E-state index contributed by atoms with van der Waals surface area (Å²) in [6.45, 7) is 6.08. The summed E-state index contributed by atoms with van der Waals surface area (Å²) >= 11 is 0. The van der Waals surface area contributed by atoms with Crippen molar-refractivity contribution in [2.45, 2.75) is 20.8 Å². The average molecular weight is 401 g/mol. The lowest BCUT2D eigenvalue weighted by atomic mass is 10.2. The molecule has 0 heterocycles. The van der Waals surface area contributed by atoms with Gasteiger partial charge in [-0.2, -0.15) is 0 Å². The van der Waals surface area contributed by atoms with Crippen molar-refractivity contribution in [2.24, 2.45) is 5.92 Å². The second-order valence-electron chi connectivity index (χ2n) is 6.90. The van der Waals surface area contributed by atoms with Gasteiger partial charge in [0, 0.05) is 0 Å². The van der Waals surface area contributed by atoms with Crippen LogP contribution >= 0.6 is 0 Å². The Morgan fingerprint density at radius 1 is 0.966 bits per heavy atom. The zero-order valence-electron chi connectivity index (χ0n) is 17.4. The van der Waals surface area contributed by atoms with Crippen molar-refractivity contribution in [2.75, 3.05) is 32.8 Å². The predicted molar refractivity (Wildman–Crippen MR) is 110 cm³/mol. The lowest BCUT2D eigenvalue weighted by Crippen LogP contribution is -2.21. The lowest BCUT2D eigenvalue weighted by Gasteiger charge is -2.13. The summed E-state index contributed by atoms with van der Waals surface area (Å²) in [6, 6.07) is 10.2. The Morgan fingerprint density at radius 2 is 1.66 bits per heavy atom. The number of amides is 1. The summed E-state index contributed by atoms with van der Waals surface area (Å²) in [7, 11) is 3.01. The molecule has 1 N–H and O–H groups in total. The Balaban J connectivity index is 1.98. The zero-order chi connectivity index (χ0) is 21.4. The first kappa shape index (κ1) is 22.1. The van der Waals surface area contributed by atoms with Gasteiger partial charge in [-0.05, 0) is 48.7 Å². The Kier molecular flexibility index (Phi) is 7.88. The molecule has 0 atom stereocenters. The number of methoxy groups -OCH3 is 2. The van der Waals surface area contributed by atoms with Crippen LogP contribution in [0.2, 0.25) is 0 Å². The van der Waals surface area contributed by atoms with Crippen LogP contribution in [0.15, 0.2) is 36.4 Å². The topological polar surface area (TPSA) is 83.1 Å². The van der Waals surface area contributed by atoms with Crippen molar-refractivity contribution in [3.05, 3.63) is 47.5 Å². The molecule has 0 aromatic heterocycles. The number of hydrogen-bond acceptors (Lipinski definition) is 6. The molecule has 7 heteroatoms. The summed E-state index contributed by atoms with van der Waals surface area (Å²) < 4.78 is 21.3. The highest BCUT2D eigenvalue weighted by Gasteiger charge is 2.15. The second-order valence-corrected chi connectivity index (χ2v) is 6.90. The van der Waals surface area contributed by atoms with Crippen molar-refractivity contribution in [3.63, 3.8) is 0 Å². The normalized spacial score (nSPS) is 10.4. The molecule has 1 amide bonds. The highest BCUT2D eigenvalue weighted by molar-refractivity contribution is 5.96. The summed E-state index contributed by atoms with van der Waals surface area (Å²) in [5.74, 6) is 0.749. The first-order valence-corrected chi connectivity index (χ1v) is 9.26. The minimum absolute atomic E-state index is 0.264. The number of rotatable bonds is 9. The van der Waals surface area contributed by atoms with Crippen LogP contribution in [0, 0.1) is 12.8 Å². The van der Waals surface area contributed by atoms with E-state index in [4.69, 9.17) is 18.9 Å². The molecule has 0 fully saturated rings. The number of esters is 1. The first-order valence-electron chi connectivity index (χ1n) is 9.26. The maximum atomic E-state index is 12.3. The number of aryl methyl sites for hydroxylation is 1. The molecule has 0 aliphatic heterocycles. The smallest absolute Gasteiger partial charge is 0.338 e. The van der Waals surface area contributed by atoms with E-state index < -0.39 is 18.5 Å². The number of benzene rings is 2. The standard InChI is InChI=1S/C22H27NO6/c1-14(2)12-28-19-9-7-16(11-20(19)27-5)22(25)29-13-21(24)23-17-10-15(3)6-8-18(17)26-4/h6-11,14H,12-13H2,1-5H3,(H,23,24). The van der Waals surface area contributed by atoms with E-state index in [1.807, 2.05) is 26.8 Å². The average Bonchev–Trinajstić information content (AvgIpc) is 2.70. The summed E-state index contributed by atoms with van der Waals surface area (Å²) in [5, 5.41) is 2.68. The number of nitrogens with one attached hydrogen (secondary N) is 1. The van der Waals surface area contributed by atoms with Crippen LogP contribution in [-0.4, -0.2) is 39.3 Å². The van der Waals surface area contributed by atoms with Gasteiger partial charge >= 0.3 is 5.97 Å². The van der Waals surface area contributed by atoms with Crippen LogP contribution in [0.4, 0.5) is 5.69 Å². The molecule has 29 heavy (non-hydrogen) atoms. The second kappa shape index (κ2) is 10.4. The van der Waals surface area contributed by atoms with Gasteiger partial charge < -0.3 is 24.3 Å². The molecule has 0 saturated carbocycles. The van der Waals surface area contributed by atoms with Crippen LogP contribution in [0.5, 0.6) is 17.2 Å². The molecule has 0 saturated heterocycles. The van der Waals surface area contributed by atoms with Crippen LogP contribution in [-0.2, 0) is 9.53 Å². The number of ether oxygens (including phenoxy) is 4. The van der Waals surface area contributed by atoms with E-state index in [9.17, 15) is 9.59 Å². The zero-order valence-corrected chi connectivity index (χ0v) is 17.4. The molecule has 0 spiro atoms. The third-order valence-electron chi connectivity index (χ3n) is 3.93. The molecule has 0 aliphatic rings. The summed E-state index contributed by atoms with van der Waals surface area (Å²) in [5.41, 5.74) is 1.74.